The zero-order valence-electron chi connectivity index (χ0n) is 9.38. The number of carbonyl (C=O) groups excluding carboxylic acids is 1. The van der Waals surface area contributed by atoms with Crippen molar-refractivity contribution < 1.29 is 9.32 Å². The van der Waals surface area contributed by atoms with Crippen LogP contribution in [-0.2, 0) is 6.42 Å². The minimum atomic E-state index is -0.241. The van der Waals surface area contributed by atoms with Gasteiger partial charge < -0.3 is 9.84 Å². The van der Waals surface area contributed by atoms with Crippen LogP contribution in [0, 0.1) is 6.92 Å². The summed E-state index contributed by atoms with van der Waals surface area (Å²) in [7, 11) is 0. The zero-order chi connectivity index (χ0) is 12.1. The van der Waals surface area contributed by atoms with Gasteiger partial charge in [-0.2, -0.15) is 0 Å². The van der Waals surface area contributed by atoms with Gasteiger partial charge in [0.25, 0.3) is 5.91 Å². The highest BCUT2D eigenvalue weighted by Crippen LogP contribution is 2.02. The van der Waals surface area contributed by atoms with E-state index in [4.69, 9.17) is 4.52 Å². The summed E-state index contributed by atoms with van der Waals surface area (Å²) >= 11 is 0. The van der Waals surface area contributed by atoms with Crippen LogP contribution in [0.2, 0.25) is 0 Å². The molecule has 1 amide bonds. The summed E-state index contributed by atoms with van der Waals surface area (Å²) in [6.45, 7) is 2.33. The summed E-state index contributed by atoms with van der Waals surface area (Å²) < 4.78 is 5.02. The Kier molecular flexibility index (Phi) is 3.44. The second-order valence-corrected chi connectivity index (χ2v) is 3.53. The Hall–Kier alpha value is -2.24. The highest BCUT2D eigenvalue weighted by atomic mass is 16.5. The van der Waals surface area contributed by atoms with Crippen LogP contribution < -0.4 is 5.32 Å². The third-order valence-corrected chi connectivity index (χ3v) is 2.13. The molecule has 0 aromatic carbocycles. The number of nitrogens with zero attached hydrogens (tertiary/aromatic N) is 3. The summed E-state index contributed by atoms with van der Waals surface area (Å²) in [5, 5.41) is 6.49. The van der Waals surface area contributed by atoms with Crippen LogP contribution >= 0.6 is 0 Å². The predicted molar refractivity (Wildman–Crippen MR) is 59.3 cm³/mol. The Balaban J connectivity index is 1.81. The SMILES string of the molecule is Cc1cc(CCNC(=O)c2cnccn2)on1. The molecule has 88 valence electrons. The molecule has 0 saturated heterocycles. The summed E-state index contributed by atoms with van der Waals surface area (Å²) in [5.74, 6) is 0.510. The van der Waals surface area contributed by atoms with E-state index in [1.807, 2.05) is 13.0 Å². The van der Waals surface area contributed by atoms with Gasteiger partial charge in [-0.1, -0.05) is 5.16 Å². The number of hydrogen-bond donors (Lipinski definition) is 1. The summed E-state index contributed by atoms with van der Waals surface area (Å²) in [4.78, 5) is 19.3. The lowest BCUT2D eigenvalue weighted by molar-refractivity contribution is 0.0948. The minimum absolute atomic E-state index is 0.241. The highest BCUT2D eigenvalue weighted by molar-refractivity contribution is 5.91. The third-order valence-electron chi connectivity index (χ3n) is 2.13. The zero-order valence-corrected chi connectivity index (χ0v) is 9.38. The fraction of sp³-hybridized carbons (Fsp3) is 0.273. The van der Waals surface area contributed by atoms with Gasteiger partial charge in [0.15, 0.2) is 0 Å². The smallest absolute Gasteiger partial charge is 0.271 e. The summed E-state index contributed by atoms with van der Waals surface area (Å²) in [6.07, 6.45) is 5.03. The maximum absolute atomic E-state index is 11.6. The number of aryl methyl sites for hydroxylation is 1. The van der Waals surface area contributed by atoms with Crippen molar-refractivity contribution in [3.8, 4) is 0 Å². The van der Waals surface area contributed by atoms with Crippen molar-refractivity contribution in [3.05, 3.63) is 41.8 Å². The van der Waals surface area contributed by atoms with Crippen molar-refractivity contribution in [2.45, 2.75) is 13.3 Å². The lowest BCUT2D eigenvalue weighted by Gasteiger charge is -2.01. The van der Waals surface area contributed by atoms with Crippen LogP contribution in [0.15, 0.2) is 29.2 Å². The van der Waals surface area contributed by atoms with Crippen molar-refractivity contribution in [2.24, 2.45) is 0 Å². The van der Waals surface area contributed by atoms with Crippen LogP contribution in [0.5, 0.6) is 0 Å². The van der Waals surface area contributed by atoms with E-state index in [2.05, 4.69) is 20.4 Å². The number of amides is 1. The van der Waals surface area contributed by atoms with Crippen molar-refractivity contribution in [3.63, 3.8) is 0 Å². The molecule has 0 spiro atoms. The van der Waals surface area contributed by atoms with E-state index in [1.165, 1.54) is 18.6 Å². The highest BCUT2D eigenvalue weighted by Gasteiger charge is 2.06. The Labute approximate surface area is 98.1 Å². The molecule has 2 aromatic heterocycles. The number of hydrogen-bond acceptors (Lipinski definition) is 5. The molecule has 0 bridgehead atoms. The van der Waals surface area contributed by atoms with Gasteiger partial charge in [-0.05, 0) is 6.92 Å². The topological polar surface area (TPSA) is 80.9 Å². The first-order chi connectivity index (χ1) is 8.25. The Bertz CT molecular complexity index is 495. The van der Waals surface area contributed by atoms with Gasteiger partial charge in [0, 0.05) is 31.4 Å². The maximum atomic E-state index is 11.6. The molecule has 0 aliphatic carbocycles. The monoisotopic (exact) mass is 232 g/mol. The van der Waals surface area contributed by atoms with Gasteiger partial charge in [-0.25, -0.2) is 4.98 Å². The molecular formula is C11H12N4O2. The van der Waals surface area contributed by atoms with Crippen LogP contribution in [-0.4, -0.2) is 27.6 Å². The molecule has 0 aliphatic heterocycles. The van der Waals surface area contributed by atoms with Crippen molar-refractivity contribution in [1.82, 2.24) is 20.4 Å². The van der Waals surface area contributed by atoms with Crippen molar-refractivity contribution >= 4 is 5.91 Å². The normalized spacial score (nSPS) is 10.2. The van der Waals surface area contributed by atoms with Gasteiger partial charge in [-0.3, -0.25) is 9.78 Å². The first kappa shape index (κ1) is 11.3. The molecule has 1 N–H and O–H groups in total. The number of aromatic nitrogens is 3. The van der Waals surface area contributed by atoms with E-state index in [1.54, 1.807) is 0 Å². The van der Waals surface area contributed by atoms with E-state index in [0.29, 0.717) is 18.7 Å². The molecule has 2 aromatic rings. The van der Waals surface area contributed by atoms with Crippen molar-refractivity contribution in [1.29, 1.82) is 0 Å². The molecule has 0 unspecified atom stereocenters. The third kappa shape index (κ3) is 3.10. The first-order valence-electron chi connectivity index (χ1n) is 5.22. The van der Waals surface area contributed by atoms with Crippen LogP contribution in [0.3, 0.4) is 0 Å². The van der Waals surface area contributed by atoms with E-state index in [-0.39, 0.29) is 5.91 Å². The maximum Gasteiger partial charge on any atom is 0.271 e. The fourth-order valence-corrected chi connectivity index (χ4v) is 1.34. The molecule has 2 heterocycles. The van der Waals surface area contributed by atoms with Gasteiger partial charge >= 0.3 is 0 Å². The average Bonchev–Trinajstić information content (AvgIpc) is 2.76. The molecule has 0 radical (unpaired) electrons. The molecule has 0 atom stereocenters. The molecule has 17 heavy (non-hydrogen) atoms. The lowest BCUT2D eigenvalue weighted by atomic mass is 10.3. The van der Waals surface area contributed by atoms with Crippen LogP contribution in [0.1, 0.15) is 21.9 Å². The van der Waals surface area contributed by atoms with Gasteiger partial charge in [0.05, 0.1) is 11.9 Å². The Morgan fingerprint density at radius 2 is 2.35 bits per heavy atom. The second-order valence-electron chi connectivity index (χ2n) is 3.53. The van der Waals surface area contributed by atoms with E-state index >= 15 is 0 Å². The fourth-order valence-electron chi connectivity index (χ4n) is 1.34. The van der Waals surface area contributed by atoms with E-state index in [0.717, 1.165) is 11.5 Å². The summed E-state index contributed by atoms with van der Waals surface area (Å²) in [6, 6.07) is 1.84. The van der Waals surface area contributed by atoms with Crippen molar-refractivity contribution in [2.75, 3.05) is 6.54 Å². The van der Waals surface area contributed by atoms with E-state index in [9.17, 15) is 4.79 Å². The quantitative estimate of drug-likeness (QED) is 0.841. The predicted octanol–water partition coefficient (Wildman–Crippen LogP) is 0.746. The number of nitrogens with one attached hydrogen (secondary N) is 1. The Morgan fingerprint density at radius 1 is 1.47 bits per heavy atom. The first-order valence-corrected chi connectivity index (χ1v) is 5.22. The average molecular weight is 232 g/mol. The Morgan fingerprint density at radius 3 is 3.00 bits per heavy atom. The number of rotatable bonds is 4. The molecule has 6 heteroatoms. The van der Waals surface area contributed by atoms with E-state index < -0.39 is 0 Å². The standard InChI is InChI=1S/C11H12N4O2/c1-8-6-9(17-15-8)2-3-14-11(16)10-7-12-4-5-13-10/h4-7H,2-3H2,1H3,(H,14,16). The molecule has 0 fully saturated rings. The molecular weight excluding hydrogens is 220 g/mol. The molecule has 0 saturated carbocycles. The second kappa shape index (κ2) is 5.20. The molecule has 2 rings (SSSR count). The molecule has 6 nitrogen and oxygen atoms in total. The van der Waals surface area contributed by atoms with Gasteiger partial charge in [0.1, 0.15) is 11.5 Å². The van der Waals surface area contributed by atoms with Crippen LogP contribution in [0.4, 0.5) is 0 Å². The summed E-state index contributed by atoms with van der Waals surface area (Å²) in [5.41, 5.74) is 1.14. The van der Waals surface area contributed by atoms with Crippen LogP contribution in [0.25, 0.3) is 0 Å². The van der Waals surface area contributed by atoms with Gasteiger partial charge in [-0.15, -0.1) is 0 Å². The minimum Gasteiger partial charge on any atom is -0.361 e. The lowest BCUT2D eigenvalue weighted by Crippen LogP contribution is -2.26. The van der Waals surface area contributed by atoms with Gasteiger partial charge in [0.2, 0.25) is 0 Å². The molecule has 0 aliphatic rings. The number of carbonyl (C=O) groups is 1. The largest absolute Gasteiger partial charge is 0.361 e.